The van der Waals surface area contributed by atoms with Crippen LogP contribution in [0.5, 0.6) is 0 Å². The van der Waals surface area contributed by atoms with Gasteiger partial charge in [0.1, 0.15) is 10.7 Å². The van der Waals surface area contributed by atoms with E-state index in [-0.39, 0.29) is 10.3 Å². The molecule has 2 rings (SSSR count). The Morgan fingerprint density at radius 2 is 1.89 bits per heavy atom. The first-order valence-corrected chi connectivity index (χ1v) is 8.14. The lowest BCUT2D eigenvalue weighted by Gasteiger charge is -2.26. The molecule has 106 valence electrons. The molecule has 0 aliphatic carbocycles. The van der Waals surface area contributed by atoms with Crippen LogP contribution in [0.4, 0.5) is 4.39 Å². The minimum Gasteiger partial charge on any atom is -0.207 e. The van der Waals surface area contributed by atoms with Gasteiger partial charge in [0.05, 0.1) is 0 Å². The highest BCUT2D eigenvalue weighted by atomic mass is 32.2. The summed E-state index contributed by atoms with van der Waals surface area (Å²) >= 11 is 0. The third-order valence-corrected chi connectivity index (χ3v) is 6.24. The van der Waals surface area contributed by atoms with Gasteiger partial charge in [0, 0.05) is 13.1 Å². The lowest BCUT2D eigenvalue weighted by molar-refractivity contribution is 0.279. The second kappa shape index (κ2) is 5.21. The summed E-state index contributed by atoms with van der Waals surface area (Å²) in [7, 11) is -3.70. The van der Waals surface area contributed by atoms with E-state index in [1.807, 2.05) is 0 Å². The Labute approximate surface area is 114 Å². The highest BCUT2D eigenvalue weighted by Crippen LogP contribution is 2.39. The lowest BCUT2D eigenvalue weighted by atomic mass is 9.82. The number of sulfonamides is 1. The Morgan fingerprint density at radius 3 is 2.42 bits per heavy atom. The monoisotopic (exact) mass is 285 g/mol. The summed E-state index contributed by atoms with van der Waals surface area (Å²) in [5.41, 5.74) is 0.0539. The second-order valence-corrected chi connectivity index (χ2v) is 7.13. The van der Waals surface area contributed by atoms with Crippen molar-refractivity contribution in [3.8, 4) is 0 Å². The van der Waals surface area contributed by atoms with Gasteiger partial charge in [-0.05, 0) is 36.8 Å². The number of halogens is 1. The number of hydrogen-bond acceptors (Lipinski definition) is 2. The second-order valence-electron chi connectivity index (χ2n) is 5.23. The Kier molecular flexibility index (Phi) is 3.97. The Morgan fingerprint density at radius 1 is 1.26 bits per heavy atom. The van der Waals surface area contributed by atoms with Crippen LogP contribution in [0.15, 0.2) is 29.2 Å². The molecule has 1 saturated heterocycles. The Balaban J connectivity index is 2.31. The van der Waals surface area contributed by atoms with Crippen molar-refractivity contribution in [3.63, 3.8) is 0 Å². The van der Waals surface area contributed by atoms with Crippen molar-refractivity contribution >= 4 is 10.0 Å². The molecular formula is C14H20FNO2S. The van der Waals surface area contributed by atoms with Crippen LogP contribution in [0.3, 0.4) is 0 Å². The summed E-state index contributed by atoms with van der Waals surface area (Å²) in [5, 5.41) is 0. The molecule has 1 aliphatic heterocycles. The molecule has 1 aromatic carbocycles. The van der Waals surface area contributed by atoms with E-state index >= 15 is 0 Å². The molecule has 1 aromatic rings. The van der Waals surface area contributed by atoms with Gasteiger partial charge in [-0.15, -0.1) is 0 Å². The van der Waals surface area contributed by atoms with Gasteiger partial charge in [-0.2, -0.15) is 4.31 Å². The zero-order chi connectivity index (χ0) is 14.1. The summed E-state index contributed by atoms with van der Waals surface area (Å²) in [6.45, 7) is 5.15. The quantitative estimate of drug-likeness (QED) is 0.852. The molecule has 0 aromatic heterocycles. The predicted octanol–water partition coefficient (Wildman–Crippen LogP) is 3.03. The number of hydrogen-bond donors (Lipinski definition) is 0. The third kappa shape index (κ3) is 2.54. The fraction of sp³-hybridized carbons (Fsp3) is 0.571. The maximum Gasteiger partial charge on any atom is 0.246 e. The average molecular weight is 285 g/mol. The fourth-order valence-electron chi connectivity index (χ4n) is 2.72. The molecule has 19 heavy (non-hydrogen) atoms. The molecule has 3 nitrogen and oxygen atoms in total. The minimum atomic E-state index is -3.70. The Hall–Kier alpha value is -0.940. The van der Waals surface area contributed by atoms with Gasteiger partial charge < -0.3 is 0 Å². The van der Waals surface area contributed by atoms with Gasteiger partial charge >= 0.3 is 0 Å². The van der Waals surface area contributed by atoms with Crippen LogP contribution in [-0.4, -0.2) is 25.8 Å². The van der Waals surface area contributed by atoms with E-state index in [0.717, 1.165) is 19.3 Å². The summed E-state index contributed by atoms with van der Waals surface area (Å²) < 4.78 is 40.0. The van der Waals surface area contributed by atoms with E-state index in [1.165, 1.54) is 22.5 Å². The highest BCUT2D eigenvalue weighted by Gasteiger charge is 2.41. The maximum atomic E-state index is 13.7. The Bertz CT molecular complexity index is 552. The molecule has 0 amide bonds. The first kappa shape index (κ1) is 14.5. The normalized spacial score (nSPS) is 19.7. The molecule has 5 heteroatoms. The van der Waals surface area contributed by atoms with E-state index in [0.29, 0.717) is 13.1 Å². The maximum absolute atomic E-state index is 13.7. The van der Waals surface area contributed by atoms with E-state index in [4.69, 9.17) is 0 Å². The first-order chi connectivity index (χ1) is 8.95. The molecule has 1 heterocycles. The van der Waals surface area contributed by atoms with Crippen LogP contribution in [0.2, 0.25) is 0 Å². The predicted molar refractivity (Wildman–Crippen MR) is 72.8 cm³/mol. The largest absolute Gasteiger partial charge is 0.246 e. The van der Waals surface area contributed by atoms with Gasteiger partial charge in [0.25, 0.3) is 0 Å². The van der Waals surface area contributed by atoms with Gasteiger partial charge in [-0.1, -0.05) is 26.0 Å². The van der Waals surface area contributed by atoms with Crippen LogP contribution in [0.1, 0.15) is 33.1 Å². The average Bonchev–Trinajstić information content (AvgIpc) is 2.85. The van der Waals surface area contributed by atoms with Gasteiger partial charge in [-0.25, -0.2) is 12.8 Å². The molecule has 1 fully saturated rings. The molecule has 0 N–H and O–H groups in total. The molecule has 0 unspecified atom stereocenters. The van der Waals surface area contributed by atoms with Crippen molar-refractivity contribution in [1.82, 2.24) is 4.31 Å². The summed E-state index contributed by atoms with van der Waals surface area (Å²) in [5.74, 6) is -0.673. The minimum absolute atomic E-state index is 0.0539. The van der Waals surface area contributed by atoms with E-state index < -0.39 is 15.8 Å². The van der Waals surface area contributed by atoms with E-state index in [1.54, 1.807) is 6.07 Å². The molecule has 0 atom stereocenters. The van der Waals surface area contributed by atoms with Crippen LogP contribution in [0.25, 0.3) is 0 Å². The summed E-state index contributed by atoms with van der Waals surface area (Å²) in [6, 6.07) is 5.58. The SMILES string of the molecule is CCC1(CC)CCN(S(=O)(=O)c2ccccc2F)C1. The fourth-order valence-corrected chi connectivity index (χ4v) is 4.34. The zero-order valence-electron chi connectivity index (χ0n) is 11.4. The van der Waals surface area contributed by atoms with Crippen molar-refractivity contribution in [3.05, 3.63) is 30.1 Å². The zero-order valence-corrected chi connectivity index (χ0v) is 12.2. The van der Waals surface area contributed by atoms with Crippen LogP contribution >= 0.6 is 0 Å². The van der Waals surface area contributed by atoms with E-state index in [2.05, 4.69) is 13.8 Å². The van der Waals surface area contributed by atoms with Crippen LogP contribution in [-0.2, 0) is 10.0 Å². The van der Waals surface area contributed by atoms with Gasteiger partial charge in [0.15, 0.2) is 0 Å². The molecule has 1 aliphatic rings. The van der Waals surface area contributed by atoms with Crippen molar-refractivity contribution in [2.75, 3.05) is 13.1 Å². The lowest BCUT2D eigenvalue weighted by Crippen LogP contribution is -2.32. The molecule has 0 saturated carbocycles. The van der Waals surface area contributed by atoms with Crippen molar-refractivity contribution < 1.29 is 12.8 Å². The molecule has 0 spiro atoms. The molecule has 0 bridgehead atoms. The highest BCUT2D eigenvalue weighted by molar-refractivity contribution is 7.89. The van der Waals surface area contributed by atoms with Crippen LogP contribution < -0.4 is 0 Å². The summed E-state index contributed by atoms with van der Waals surface area (Å²) in [6.07, 6.45) is 2.76. The molecule has 0 radical (unpaired) electrons. The summed E-state index contributed by atoms with van der Waals surface area (Å²) in [4.78, 5) is -0.210. The number of nitrogens with zero attached hydrogens (tertiary/aromatic N) is 1. The first-order valence-electron chi connectivity index (χ1n) is 6.70. The van der Waals surface area contributed by atoms with Crippen molar-refractivity contribution in [2.45, 2.75) is 38.0 Å². The number of benzene rings is 1. The van der Waals surface area contributed by atoms with Crippen LogP contribution in [0, 0.1) is 11.2 Å². The van der Waals surface area contributed by atoms with Crippen molar-refractivity contribution in [2.24, 2.45) is 5.41 Å². The smallest absolute Gasteiger partial charge is 0.207 e. The van der Waals surface area contributed by atoms with Gasteiger partial charge in [-0.3, -0.25) is 0 Å². The third-order valence-electron chi connectivity index (χ3n) is 4.36. The number of rotatable bonds is 4. The standard InChI is InChI=1S/C14H20FNO2S/c1-3-14(4-2)9-10-16(11-14)19(17,18)13-8-6-5-7-12(13)15/h5-8H,3-4,9-11H2,1-2H3. The van der Waals surface area contributed by atoms with Crippen molar-refractivity contribution in [1.29, 1.82) is 0 Å². The molecular weight excluding hydrogens is 265 g/mol. The van der Waals surface area contributed by atoms with Gasteiger partial charge in [0.2, 0.25) is 10.0 Å². The topological polar surface area (TPSA) is 37.4 Å². The van der Waals surface area contributed by atoms with E-state index in [9.17, 15) is 12.8 Å².